The van der Waals surface area contributed by atoms with Crippen molar-refractivity contribution in [1.82, 2.24) is 4.90 Å². The van der Waals surface area contributed by atoms with Crippen molar-refractivity contribution in [3.8, 4) is 17.6 Å². The number of halogens is 1. The number of nitriles is 1. The van der Waals surface area contributed by atoms with E-state index in [9.17, 15) is 4.79 Å². The summed E-state index contributed by atoms with van der Waals surface area (Å²) in [5, 5.41) is 9.12. The van der Waals surface area contributed by atoms with Gasteiger partial charge in [-0.05, 0) is 59.7 Å². The lowest BCUT2D eigenvalue weighted by Crippen LogP contribution is -2.41. The minimum Gasteiger partial charge on any atom is -0.490 e. The molecule has 152 valence electrons. The van der Waals surface area contributed by atoms with Crippen LogP contribution in [0.2, 0.25) is 0 Å². The van der Waals surface area contributed by atoms with Crippen LogP contribution in [0.15, 0.2) is 46.9 Å². The first-order valence-corrected chi connectivity index (χ1v) is 10.7. The van der Waals surface area contributed by atoms with Gasteiger partial charge in [0, 0.05) is 19.2 Å². The van der Waals surface area contributed by atoms with Gasteiger partial charge in [0.15, 0.2) is 18.1 Å². The van der Waals surface area contributed by atoms with Gasteiger partial charge in [-0.1, -0.05) is 30.3 Å². The van der Waals surface area contributed by atoms with Crippen LogP contribution in [0.25, 0.3) is 0 Å². The van der Waals surface area contributed by atoms with Crippen molar-refractivity contribution in [3.05, 3.63) is 58.1 Å². The van der Waals surface area contributed by atoms with E-state index in [1.807, 2.05) is 17.9 Å². The molecular formula is C23H25BrN2O3. The molecule has 1 amide bonds. The Labute approximate surface area is 180 Å². The molecule has 6 heteroatoms. The quantitative estimate of drug-likeness (QED) is 0.611. The van der Waals surface area contributed by atoms with Crippen LogP contribution in [0.1, 0.15) is 30.9 Å². The number of carbonyl (C=O) groups excluding carboxylic acids is 1. The summed E-state index contributed by atoms with van der Waals surface area (Å²) in [6.45, 7) is 3.77. The molecule has 3 rings (SSSR count). The maximum Gasteiger partial charge on any atom is 0.260 e. The van der Waals surface area contributed by atoms with Crippen LogP contribution < -0.4 is 9.47 Å². The molecule has 0 bridgehead atoms. The number of carbonyl (C=O) groups is 1. The van der Waals surface area contributed by atoms with Crippen LogP contribution in [-0.4, -0.2) is 37.1 Å². The molecule has 2 aromatic carbocycles. The summed E-state index contributed by atoms with van der Waals surface area (Å²) in [5.74, 6) is 1.51. The van der Waals surface area contributed by atoms with Crippen molar-refractivity contribution >= 4 is 21.8 Å². The highest BCUT2D eigenvalue weighted by Crippen LogP contribution is 2.37. The molecule has 0 spiro atoms. The lowest BCUT2D eigenvalue weighted by molar-refractivity contribution is -0.134. The summed E-state index contributed by atoms with van der Waals surface area (Å²) in [5.41, 5.74) is 1.83. The van der Waals surface area contributed by atoms with Crippen molar-refractivity contribution in [3.63, 3.8) is 0 Å². The molecular weight excluding hydrogens is 432 g/mol. The molecule has 2 aromatic rings. The van der Waals surface area contributed by atoms with Crippen LogP contribution in [0.4, 0.5) is 0 Å². The summed E-state index contributed by atoms with van der Waals surface area (Å²) in [7, 11) is 0. The number of ether oxygens (including phenoxy) is 2. The number of hydrogen-bond acceptors (Lipinski definition) is 4. The van der Waals surface area contributed by atoms with Crippen LogP contribution >= 0.6 is 15.9 Å². The summed E-state index contributed by atoms with van der Waals surface area (Å²) in [6.07, 6.45) is 3.08. The lowest BCUT2D eigenvalue weighted by atomic mass is 9.90. The third kappa shape index (κ3) is 5.74. The highest BCUT2D eigenvalue weighted by Gasteiger charge is 2.24. The van der Waals surface area contributed by atoms with E-state index >= 15 is 0 Å². The monoisotopic (exact) mass is 456 g/mol. The zero-order chi connectivity index (χ0) is 20.6. The van der Waals surface area contributed by atoms with Gasteiger partial charge in [0.1, 0.15) is 0 Å². The van der Waals surface area contributed by atoms with Gasteiger partial charge in [0.05, 0.1) is 22.7 Å². The van der Waals surface area contributed by atoms with Crippen LogP contribution in [-0.2, 0) is 11.2 Å². The van der Waals surface area contributed by atoms with Crippen molar-refractivity contribution in [1.29, 1.82) is 5.26 Å². The van der Waals surface area contributed by atoms with E-state index in [-0.39, 0.29) is 12.5 Å². The number of amides is 1. The fraction of sp³-hybridized carbons (Fsp3) is 0.391. The van der Waals surface area contributed by atoms with Crippen molar-refractivity contribution in [2.75, 3.05) is 26.3 Å². The van der Waals surface area contributed by atoms with E-state index in [4.69, 9.17) is 14.7 Å². The van der Waals surface area contributed by atoms with Crippen molar-refractivity contribution in [2.24, 2.45) is 5.92 Å². The maximum absolute atomic E-state index is 12.6. The number of piperidine rings is 1. The number of likely N-dealkylation sites (tertiary alicyclic amines) is 1. The molecule has 0 aromatic heterocycles. The molecule has 1 heterocycles. The molecule has 0 unspecified atom stereocenters. The van der Waals surface area contributed by atoms with Gasteiger partial charge < -0.3 is 14.4 Å². The third-order valence-corrected chi connectivity index (χ3v) is 5.70. The standard InChI is InChI=1S/C23H25BrN2O3/c1-2-28-21-14-19(15-25)13-20(24)23(21)29-16-22(27)26-10-8-18(9-11-26)12-17-6-4-3-5-7-17/h3-7,13-14,18H,2,8-12,16H2,1H3. The fourth-order valence-electron chi connectivity index (χ4n) is 3.59. The van der Waals surface area contributed by atoms with Crippen LogP contribution in [0, 0.1) is 17.2 Å². The molecule has 1 saturated heterocycles. The van der Waals surface area contributed by atoms with Gasteiger partial charge in [0.2, 0.25) is 0 Å². The first-order chi connectivity index (χ1) is 14.1. The summed E-state index contributed by atoms with van der Waals surface area (Å²) < 4.78 is 12.0. The fourth-order valence-corrected chi connectivity index (χ4v) is 4.15. The SMILES string of the molecule is CCOc1cc(C#N)cc(Br)c1OCC(=O)N1CCC(Cc2ccccc2)CC1. The number of benzene rings is 2. The minimum atomic E-state index is -0.0477. The van der Waals surface area contributed by atoms with E-state index in [1.54, 1.807) is 12.1 Å². The third-order valence-electron chi connectivity index (χ3n) is 5.11. The first-order valence-electron chi connectivity index (χ1n) is 9.91. The Kier molecular flexibility index (Phi) is 7.54. The van der Waals surface area contributed by atoms with E-state index < -0.39 is 0 Å². The van der Waals surface area contributed by atoms with Crippen molar-refractivity contribution in [2.45, 2.75) is 26.2 Å². The predicted octanol–water partition coefficient (Wildman–Crippen LogP) is 4.58. The highest BCUT2D eigenvalue weighted by molar-refractivity contribution is 9.10. The van der Waals surface area contributed by atoms with Gasteiger partial charge in [-0.2, -0.15) is 5.26 Å². The summed E-state index contributed by atoms with van der Waals surface area (Å²) >= 11 is 3.41. The minimum absolute atomic E-state index is 0.0260. The number of rotatable bonds is 7. The Morgan fingerprint density at radius 2 is 1.93 bits per heavy atom. The van der Waals surface area contributed by atoms with Crippen LogP contribution in [0.5, 0.6) is 11.5 Å². The zero-order valence-corrected chi connectivity index (χ0v) is 18.2. The van der Waals surface area contributed by atoms with Gasteiger partial charge in [0.25, 0.3) is 5.91 Å². The Morgan fingerprint density at radius 3 is 2.59 bits per heavy atom. The second kappa shape index (κ2) is 10.3. The second-order valence-corrected chi connectivity index (χ2v) is 7.99. The smallest absolute Gasteiger partial charge is 0.260 e. The van der Waals surface area contributed by atoms with E-state index in [2.05, 4.69) is 46.3 Å². The molecule has 0 N–H and O–H groups in total. The summed E-state index contributed by atoms with van der Waals surface area (Å²) in [4.78, 5) is 14.5. The maximum atomic E-state index is 12.6. The largest absolute Gasteiger partial charge is 0.490 e. The molecule has 0 saturated carbocycles. The Balaban J connectivity index is 1.53. The molecule has 0 aliphatic carbocycles. The second-order valence-electron chi connectivity index (χ2n) is 7.13. The average molecular weight is 457 g/mol. The Hall–Kier alpha value is -2.52. The molecule has 0 radical (unpaired) electrons. The number of nitrogens with zero attached hydrogens (tertiary/aromatic N) is 2. The van der Waals surface area contributed by atoms with Crippen LogP contribution in [0.3, 0.4) is 0 Å². The molecule has 29 heavy (non-hydrogen) atoms. The van der Waals surface area contributed by atoms with Gasteiger partial charge in [-0.15, -0.1) is 0 Å². The molecule has 1 aliphatic heterocycles. The van der Waals surface area contributed by atoms with Gasteiger partial charge in [-0.3, -0.25) is 4.79 Å². The Bertz CT molecular complexity index is 872. The predicted molar refractivity (Wildman–Crippen MR) is 115 cm³/mol. The van der Waals surface area contributed by atoms with E-state index in [0.717, 1.165) is 32.4 Å². The molecule has 1 aliphatic rings. The van der Waals surface area contributed by atoms with E-state index in [0.29, 0.717) is 34.1 Å². The lowest BCUT2D eigenvalue weighted by Gasteiger charge is -2.32. The zero-order valence-electron chi connectivity index (χ0n) is 16.6. The van der Waals surface area contributed by atoms with Gasteiger partial charge >= 0.3 is 0 Å². The van der Waals surface area contributed by atoms with Gasteiger partial charge in [-0.25, -0.2) is 0 Å². The first kappa shape index (κ1) is 21.2. The van der Waals surface area contributed by atoms with Crippen molar-refractivity contribution < 1.29 is 14.3 Å². The Morgan fingerprint density at radius 1 is 1.21 bits per heavy atom. The highest BCUT2D eigenvalue weighted by atomic mass is 79.9. The molecule has 5 nitrogen and oxygen atoms in total. The number of hydrogen-bond donors (Lipinski definition) is 0. The normalized spacial score (nSPS) is 14.3. The summed E-state index contributed by atoms with van der Waals surface area (Å²) in [6, 6.07) is 15.9. The average Bonchev–Trinajstić information content (AvgIpc) is 2.74. The topological polar surface area (TPSA) is 62.6 Å². The molecule has 0 atom stereocenters. The van der Waals surface area contributed by atoms with E-state index in [1.165, 1.54) is 5.56 Å². The molecule has 1 fully saturated rings.